The minimum Gasteiger partial charge on any atom is -0.548 e. The fraction of sp³-hybridized carbons (Fsp3) is 0.591. The Balaban J connectivity index is 0.000000436. The number of aliphatic carboxylic acids is 1. The van der Waals surface area contributed by atoms with E-state index in [0.717, 1.165) is 48.3 Å². The number of carboxylic acid groups (broad SMARTS) is 1. The third kappa shape index (κ3) is 21.3. The monoisotopic (exact) mass is 904 g/mol. The molecule has 1 fully saturated rings. The zero-order chi connectivity index (χ0) is 47.2. The van der Waals surface area contributed by atoms with Crippen LogP contribution >= 0.6 is 0 Å². The van der Waals surface area contributed by atoms with Gasteiger partial charge in [-0.1, -0.05) is 81.5 Å². The van der Waals surface area contributed by atoms with Crippen LogP contribution in [0.3, 0.4) is 0 Å². The summed E-state index contributed by atoms with van der Waals surface area (Å²) >= 11 is 0. The van der Waals surface area contributed by atoms with E-state index in [0.29, 0.717) is 19.3 Å². The van der Waals surface area contributed by atoms with Crippen molar-refractivity contribution in [3.8, 4) is 0 Å². The average molecular weight is 905 g/mol. The lowest BCUT2D eigenvalue weighted by Gasteiger charge is -2.33. The van der Waals surface area contributed by atoms with Gasteiger partial charge in [0.25, 0.3) is 5.92 Å². The summed E-state index contributed by atoms with van der Waals surface area (Å²) in [6, 6.07) is -1.70. The number of hydrogen-bond acceptors (Lipinski definition) is 7. The Labute approximate surface area is 363 Å². The van der Waals surface area contributed by atoms with E-state index in [1.165, 1.54) is 0 Å². The van der Waals surface area contributed by atoms with E-state index >= 15 is 0 Å². The van der Waals surface area contributed by atoms with Gasteiger partial charge in [-0.05, 0) is 63.7 Å². The highest BCUT2D eigenvalue weighted by atomic mass is 19.4. The number of carboxylic acids is 1. The van der Waals surface area contributed by atoms with E-state index in [1.807, 2.05) is 13.8 Å². The number of carbonyl (C=O) groups is 4. The Morgan fingerprint density at radius 2 is 1.44 bits per heavy atom. The Hall–Kier alpha value is -4.94. The predicted molar refractivity (Wildman–Crippen MR) is 218 cm³/mol. The van der Waals surface area contributed by atoms with Gasteiger partial charge in [0.15, 0.2) is 5.69 Å². The van der Waals surface area contributed by atoms with Crippen LogP contribution in [0, 0.1) is 5.92 Å². The molecule has 63 heavy (non-hydrogen) atoms. The number of fused-ring (bicyclic) bond motifs is 1. The number of allylic oxidation sites excluding steroid dienone is 10. The fourth-order valence-electron chi connectivity index (χ4n) is 6.52. The van der Waals surface area contributed by atoms with Crippen molar-refractivity contribution in [1.82, 2.24) is 25.1 Å². The van der Waals surface area contributed by atoms with Gasteiger partial charge in [-0.15, -0.1) is 0 Å². The summed E-state index contributed by atoms with van der Waals surface area (Å²) in [6.45, 7) is 4.12. The molecule has 3 heterocycles. The van der Waals surface area contributed by atoms with Crippen molar-refractivity contribution < 1.29 is 65.1 Å². The molecule has 1 aromatic rings. The first-order valence-electron chi connectivity index (χ1n) is 21.1. The number of amides is 3. The van der Waals surface area contributed by atoms with Gasteiger partial charge in [-0.2, -0.15) is 26.3 Å². The van der Waals surface area contributed by atoms with Crippen molar-refractivity contribution >= 4 is 23.7 Å². The Morgan fingerprint density at radius 3 is 1.97 bits per heavy atom. The molecule has 0 spiro atoms. The zero-order valence-corrected chi connectivity index (χ0v) is 36.1. The van der Waals surface area contributed by atoms with Gasteiger partial charge >= 0.3 is 12.4 Å². The largest absolute Gasteiger partial charge is 0.548 e. The predicted octanol–water partition coefficient (Wildman–Crippen LogP) is 6.85. The molecule has 3 amide bonds. The maximum absolute atomic E-state index is 13.5. The smallest absolute Gasteiger partial charge is 0.451 e. The number of quaternary nitrogens is 1. The second kappa shape index (κ2) is 26.6. The van der Waals surface area contributed by atoms with Crippen molar-refractivity contribution in [2.24, 2.45) is 5.92 Å². The molecule has 0 aliphatic carbocycles. The van der Waals surface area contributed by atoms with Gasteiger partial charge in [-0.3, -0.25) is 14.4 Å². The number of hydrogen-bond donors (Lipinski definition) is 2. The number of likely N-dealkylation sites (tertiary alicyclic amines) is 1. The fourth-order valence-corrected chi connectivity index (χ4v) is 6.52. The summed E-state index contributed by atoms with van der Waals surface area (Å²) < 4.78 is 106. The number of nitrogens with one attached hydrogen (secondary N) is 1. The standard InChI is InChI=1S/C26H41NO3.C18H19F8N5O2/c1-4-5-6-7-8-9-10-11-12-13-14-15-16-17-18-19-20-21-25(28)27-24(26(29)30)22-23(2)3;19-16(20)3-1-12(32)31(8-16)6-9(27)5-13(33)30-4-2-10-11(7-30)28-15(18(24,25)26)29-14(10)17(21,22)23/h5-6,8-9,11-12,14-15,17-18,23-24H,4,7,10,13,16,19-22H2,1-3H3,(H,27,28)(H,29,30);9H,1-8,27H2/b6-5-,9-8-,12-11-,15-14-,18-17-;/t24-;9-/m00/s1. The molecular formula is C44H60F8N6O5. The number of aromatic nitrogens is 2. The minimum atomic E-state index is -5.22. The summed E-state index contributed by atoms with van der Waals surface area (Å²) in [7, 11) is 0. The summed E-state index contributed by atoms with van der Waals surface area (Å²) in [5.41, 5.74) is 0.921. The van der Waals surface area contributed by atoms with E-state index in [9.17, 15) is 59.4 Å². The van der Waals surface area contributed by atoms with Gasteiger partial charge < -0.3 is 30.8 Å². The second-order valence-electron chi connectivity index (χ2n) is 15.8. The highest BCUT2D eigenvalue weighted by Gasteiger charge is 2.44. The molecule has 2 aliphatic heterocycles. The van der Waals surface area contributed by atoms with Crippen LogP contribution in [0.1, 0.15) is 121 Å². The number of halogens is 8. The molecule has 0 radical (unpaired) electrons. The quantitative estimate of drug-likeness (QED) is 0.0775. The molecule has 19 heteroatoms. The topological polar surface area (TPSA) is 163 Å². The Morgan fingerprint density at radius 1 is 0.873 bits per heavy atom. The first kappa shape index (κ1) is 54.2. The van der Waals surface area contributed by atoms with Gasteiger partial charge in [0.05, 0.1) is 43.8 Å². The summed E-state index contributed by atoms with van der Waals surface area (Å²) in [6.07, 6.45) is 16.6. The molecule has 0 saturated carbocycles. The Kier molecular flexibility index (Phi) is 22.9. The van der Waals surface area contributed by atoms with Crippen LogP contribution in [0.4, 0.5) is 35.1 Å². The molecule has 2 atom stereocenters. The highest BCUT2D eigenvalue weighted by Crippen LogP contribution is 2.37. The van der Waals surface area contributed by atoms with E-state index in [1.54, 1.807) is 0 Å². The van der Waals surface area contributed by atoms with Gasteiger partial charge in [-0.25, -0.2) is 18.7 Å². The van der Waals surface area contributed by atoms with Crippen molar-refractivity contribution in [3.63, 3.8) is 0 Å². The van der Waals surface area contributed by atoms with Gasteiger partial charge in [0, 0.05) is 31.4 Å². The molecule has 11 nitrogen and oxygen atoms in total. The number of nitrogens with zero attached hydrogens (tertiary/aromatic N) is 4. The summed E-state index contributed by atoms with van der Waals surface area (Å²) in [5.74, 6) is -7.42. The highest BCUT2D eigenvalue weighted by molar-refractivity contribution is 5.82. The molecule has 0 aromatic carbocycles. The van der Waals surface area contributed by atoms with Crippen molar-refractivity contribution in [3.05, 3.63) is 83.5 Å². The lowest BCUT2D eigenvalue weighted by atomic mass is 10.0. The Bertz CT molecular complexity index is 1790. The van der Waals surface area contributed by atoms with Gasteiger partial charge in [0.1, 0.15) is 6.04 Å². The van der Waals surface area contributed by atoms with Crippen LogP contribution in [-0.2, 0) is 44.5 Å². The first-order valence-corrected chi connectivity index (χ1v) is 21.1. The van der Waals surface area contributed by atoms with E-state index < -0.39 is 96.8 Å². The maximum atomic E-state index is 13.5. The number of rotatable bonds is 21. The molecule has 1 aromatic heterocycles. The number of piperidine rings is 1. The maximum Gasteiger partial charge on any atom is 0.451 e. The number of unbranched alkanes of at least 4 members (excludes halogenated alkanes) is 1. The first-order chi connectivity index (χ1) is 29.5. The van der Waals surface area contributed by atoms with Crippen LogP contribution in [0.5, 0.6) is 0 Å². The zero-order valence-electron chi connectivity index (χ0n) is 36.1. The van der Waals surface area contributed by atoms with Crippen LogP contribution in [-0.4, -0.2) is 81.1 Å². The lowest BCUT2D eigenvalue weighted by Crippen LogP contribution is -2.67. The molecule has 352 valence electrons. The normalized spacial score (nSPS) is 16.9. The molecular weight excluding hydrogens is 845 g/mol. The van der Waals surface area contributed by atoms with Crippen LogP contribution in [0.2, 0.25) is 0 Å². The summed E-state index contributed by atoms with van der Waals surface area (Å²) in [5, 5.41) is 13.6. The molecule has 1 saturated heterocycles. The summed E-state index contributed by atoms with van der Waals surface area (Å²) in [4.78, 5) is 55.1. The number of alkyl halides is 8. The van der Waals surface area contributed by atoms with Crippen molar-refractivity contribution in [2.75, 3.05) is 19.6 Å². The minimum absolute atomic E-state index is 0.189. The lowest BCUT2D eigenvalue weighted by molar-refractivity contribution is -0.420. The molecule has 4 N–H and O–H groups in total. The van der Waals surface area contributed by atoms with E-state index in [-0.39, 0.29) is 37.8 Å². The van der Waals surface area contributed by atoms with E-state index in [4.69, 9.17) is 0 Å². The van der Waals surface area contributed by atoms with Crippen LogP contribution in [0.25, 0.3) is 0 Å². The van der Waals surface area contributed by atoms with E-state index in [2.05, 4.69) is 88.7 Å². The van der Waals surface area contributed by atoms with Gasteiger partial charge in [0.2, 0.25) is 23.5 Å². The third-order valence-electron chi connectivity index (χ3n) is 9.62. The molecule has 0 unspecified atom stereocenters. The molecule has 0 bridgehead atoms. The number of carbonyl (C=O) groups excluding carboxylic acids is 4. The third-order valence-corrected chi connectivity index (χ3v) is 9.62. The van der Waals surface area contributed by atoms with Crippen molar-refractivity contribution in [1.29, 1.82) is 0 Å². The van der Waals surface area contributed by atoms with Crippen LogP contribution in [0.15, 0.2) is 60.8 Å². The second-order valence-corrected chi connectivity index (χ2v) is 15.8. The molecule has 2 aliphatic rings. The average Bonchev–Trinajstić information content (AvgIpc) is 3.18. The van der Waals surface area contributed by atoms with Crippen molar-refractivity contribution in [2.45, 2.75) is 141 Å². The SMILES string of the molecule is CC/C=C\C/C=C\C/C=C\C/C=C\C/C=C\CCCC(=O)N[C@@H](CC(C)C)C(=O)[O-].[NH3+][C@@H](CC(=O)N1CCc2c(nc(C(F)(F)F)nc2C(F)(F)F)C1)CN1CC(F)(F)CCC1=O. The van der Waals surface area contributed by atoms with Crippen LogP contribution < -0.4 is 16.2 Å². The molecule has 3 rings (SSSR count).